The van der Waals surface area contributed by atoms with Crippen molar-refractivity contribution >= 4 is 27.3 Å². The van der Waals surface area contributed by atoms with Crippen molar-refractivity contribution in [2.24, 2.45) is 0 Å². The van der Waals surface area contributed by atoms with Crippen LogP contribution < -0.4 is 9.62 Å². The van der Waals surface area contributed by atoms with Crippen LogP contribution in [0.2, 0.25) is 0 Å². The van der Waals surface area contributed by atoms with Gasteiger partial charge in [-0.1, -0.05) is 6.07 Å². The number of amides is 1. The molecule has 0 aromatic heterocycles. The Morgan fingerprint density at radius 2 is 1.77 bits per heavy atom. The van der Waals surface area contributed by atoms with Crippen LogP contribution in [0.15, 0.2) is 42.5 Å². The second-order valence-corrected chi connectivity index (χ2v) is 7.78. The van der Waals surface area contributed by atoms with Gasteiger partial charge in [0.05, 0.1) is 17.5 Å². The SMILES string of the molecule is Cc1cc(C(=O)Nc2cccc(C(F)(F)F)c2)ccc1N(C)S(C)(=O)=O. The van der Waals surface area contributed by atoms with E-state index in [2.05, 4.69) is 5.32 Å². The third-order valence-corrected chi connectivity index (χ3v) is 4.94. The second-order valence-electron chi connectivity index (χ2n) is 5.76. The molecule has 26 heavy (non-hydrogen) atoms. The number of hydrogen-bond donors (Lipinski definition) is 1. The smallest absolute Gasteiger partial charge is 0.322 e. The Balaban J connectivity index is 2.25. The molecule has 9 heteroatoms. The molecule has 0 atom stereocenters. The third-order valence-electron chi connectivity index (χ3n) is 3.74. The molecule has 0 saturated heterocycles. The molecule has 0 spiro atoms. The highest BCUT2D eigenvalue weighted by Crippen LogP contribution is 2.31. The number of halogens is 3. The van der Waals surface area contributed by atoms with Crippen LogP contribution in [-0.2, 0) is 16.2 Å². The maximum atomic E-state index is 12.7. The molecule has 0 aliphatic heterocycles. The number of aryl methyl sites for hydroxylation is 1. The van der Waals surface area contributed by atoms with Gasteiger partial charge < -0.3 is 5.32 Å². The van der Waals surface area contributed by atoms with Crippen molar-refractivity contribution in [3.05, 3.63) is 59.2 Å². The van der Waals surface area contributed by atoms with Gasteiger partial charge in [0.25, 0.3) is 5.91 Å². The Morgan fingerprint density at radius 1 is 1.12 bits per heavy atom. The van der Waals surface area contributed by atoms with Crippen LogP contribution in [-0.4, -0.2) is 27.6 Å². The largest absolute Gasteiger partial charge is 0.416 e. The van der Waals surface area contributed by atoms with Gasteiger partial charge in [0.2, 0.25) is 10.0 Å². The first kappa shape index (κ1) is 19.8. The van der Waals surface area contributed by atoms with E-state index in [1.54, 1.807) is 6.92 Å². The molecule has 1 amide bonds. The molecule has 2 aromatic carbocycles. The summed E-state index contributed by atoms with van der Waals surface area (Å²) in [6.07, 6.45) is -3.45. The van der Waals surface area contributed by atoms with Gasteiger partial charge >= 0.3 is 6.18 Å². The van der Waals surface area contributed by atoms with E-state index >= 15 is 0 Å². The van der Waals surface area contributed by atoms with Crippen molar-refractivity contribution in [3.8, 4) is 0 Å². The van der Waals surface area contributed by atoms with Gasteiger partial charge in [-0.3, -0.25) is 9.10 Å². The molecule has 0 fully saturated rings. The van der Waals surface area contributed by atoms with Crippen LogP contribution in [0.25, 0.3) is 0 Å². The number of benzene rings is 2. The van der Waals surface area contributed by atoms with Gasteiger partial charge in [-0.2, -0.15) is 13.2 Å². The maximum absolute atomic E-state index is 12.7. The number of carbonyl (C=O) groups excluding carboxylic acids is 1. The Hall–Kier alpha value is -2.55. The Bertz CT molecular complexity index is 941. The maximum Gasteiger partial charge on any atom is 0.416 e. The predicted molar refractivity (Wildman–Crippen MR) is 93.8 cm³/mol. The molecular weight excluding hydrogens is 369 g/mol. The Labute approximate surface area is 149 Å². The fourth-order valence-electron chi connectivity index (χ4n) is 2.31. The van der Waals surface area contributed by atoms with E-state index in [1.807, 2.05) is 0 Å². The van der Waals surface area contributed by atoms with Crippen LogP contribution in [0.3, 0.4) is 0 Å². The fraction of sp³-hybridized carbons (Fsp3) is 0.235. The summed E-state index contributed by atoms with van der Waals surface area (Å²) < 4.78 is 62.5. The number of rotatable bonds is 4. The summed E-state index contributed by atoms with van der Waals surface area (Å²) in [5, 5.41) is 2.41. The van der Waals surface area contributed by atoms with Crippen LogP contribution >= 0.6 is 0 Å². The van der Waals surface area contributed by atoms with Gasteiger partial charge in [0, 0.05) is 18.3 Å². The number of carbonyl (C=O) groups is 1. The lowest BCUT2D eigenvalue weighted by Gasteiger charge is -2.19. The molecule has 2 rings (SSSR count). The minimum atomic E-state index is -4.50. The number of sulfonamides is 1. The van der Waals surface area contributed by atoms with E-state index < -0.39 is 27.7 Å². The van der Waals surface area contributed by atoms with E-state index in [0.717, 1.165) is 22.7 Å². The molecule has 0 bridgehead atoms. The standard InChI is InChI=1S/C17H17F3N2O3S/c1-11-9-12(7-8-15(11)22(2)26(3,24)25)16(23)21-14-6-4-5-13(10-14)17(18,19)20/h4-10H,1-3H3,(H,21,23). The molecule has 0 heterocycles. The summed E-state index contributed by atoms with van der Waals surface area (Å²) in [5.41, 5.74) is 0.291. The molecule has 5 nitrogen and oxygen atoms in total. The highest BCUT2D eigenvalue weighted by atomic mass is 32.2. The van der Waals surface area contributed by atoms with E-state index in [1.165, 1.54) is 37.4 Å². The molecule has 1 N–H and O–H groups in total. The van der Waals surface area contributed by atoms with Crippen molar-refractivity contribution in [1.82, 2.24) is 0 Å². The first-order valence-corrected chi connectivity index (χ1v) is 9.27. The number of anilines is 2. The molecule has 0 radical (unpaired) electrons. The third kappa shape index (κ3) is 4.54. The van der Waals surface area contributed by atoms with Gasteiger partial charge in [-0.25, -0.2) is 8.42 Å². The number of hydrogen-bond acceptors (Lipinski definition) is 3. The number of alkyl halides is 3. The van der Waals surface area contributed by atoms with Crippen molar-refractivity contribution in [3.63, 3.8) is 0 Å². The normalized spacial score (nSPS) is 11.9. The predicted octanol–water partition coefficient (Wildman–Crippen LogP) is 3.66. The van der Waals surface area contributed by atoms with Crippen molar-refractivity contribution in [1.29, 1.82) is 0 Å². The zero-order valence-corrected chi connectivity index (χ0v) is 15.1. The minimum absolute atomic E-state index is 0.0137. The highest BCUT2D eigenvalue weighted by molar-refractivity contribution is 7.92. The van der Waals surface area contributed by atoms with E-state index in [-0.39, 0.29) is 11.3 Å². The van der Waals surface area contributed by atoms with Crippen molar-refractivity contribution in [2.45, 2.75) is 13.1 Å². The molecule has 0 aliphatic rings. The number of nitrogens with zero attached hydrogens (tertiary/aromatic N) is 1. The molecule has 0 unspecified atom stereocenters. The van der Waals surface area contributed by atoms with Gasteiger partial charge in [-0.15, -0.1) is 0 Å². The lowest BCUT2D eigenvalue weighted by Crippen LogP contribution is -2.25. The monoisotopic (exact) mass is 386 g/mol. The molecule has 0 saturated carbocycles. The average Bonchev–Trinajstić information content (AvgIpc) is 2.52. The van der Waals surface area contributed by atoms with Crippen LogP contribution in [0.4, 0.5) is 24.5 Å². The van der Waals surface area contributed by atoms with Crippen LogP contribution in [0.5, 0.6) is 0 Å². The molecular formula is C17H17F3N2O3S. The average molecular weight is 386 g/mol. The topological polar surface area (TPSA) is 66.5 Å². The highest BCUT2D eigenvalue weighted by Gasteiger charge is 2.30. The molecule has 2 aromatic rings. The first-order valence-electron chi connectivity index (χ1n) is 7.43. The Kier molecular flexibility index (Phi) is 5.31. The van der Waals surface area contributed by atoms with Crippen molar-refractivity contribution < 1.29 is 26.4 Å². The fourth-order valence-corrected chi connectivity index (χ4v) is 2.87. The van der Waals surface area contributed by atoms with E-state index in [4.69, 9.17) is 0 Å². The summed E-state index contributed by atoms with van der Waals surface area (Å²) in [4.78, 5) is 12.3. The van der Waals surface area contributed by atoms with Crippen LogP contribution in [0, 0.1) is 6.92 Å². The summed E-state index contributed by atoms with van der Waals surface area (Å²) in [7, 11) is -2.06. The lowest BCUT2D eigenvalue weighted by molar-refractivity contribution is -0.137. The minimum Gasteiger partial charge on any atom is -0.322 e. The zero-order chi connectivity index (χ0) is 19.7. The lowest BCUT2D eigenvalue weighted by atomic mass is 10.1. The molecule has 140 valence electrons. The molecule has 0 aliphatic carbocycles. The van der Waals surface area contributed by atoms with Gasteiger partial charge in [0.1, 0.15) is 0 Å². The quantitative estimate of drug-likeness (QED) is 0.872. The van der Waals surface area contributed by atoms with E-state index in [9.17, 15) is 26.4 Å². The zero-order valence-electron chi connectivity index (χ0n) is 14.3. The van der Waals surface area contributed by atoms with Crippen LogP contribution in [0.1, 0.15) is 21.5 Å². The van der Waals surface area contributed by atoms with Gasteiger partial charge in [-0.05, 0) is 48.9 Å². The summed E-state index contributed by atoms with van der Waals surface area (Å²) in [6, 6.07) is 8.66. The second kappa shape index (κ2) is 6.99. The van der Waals surface area contributed by atoms with Gasteiger partial charge in [0.15, 0.2) is 0 Å². The first-order chi connectivity index (χ1) is 11.9. The number of nitrogens with one attached hydrogen (secondary N) is 1. The van der Waals surface area contributed by atoms with E-state index in [0.29, 0.717) is 11.3 Å². The Morgan fingerprint density at radius 3 is 2.31 bits per heavy atom. The summed E-state index contributed by atoms with van der Waals surface area (Å²) >= 11 is 0. The summed E-state index contributed by atoms with van der Waals surface area (Å²) in [6.45, 7) is 1.64. The van der Waals surface area contributed by atoms with Crippen molar-refractivity contribution in [2.75, 3.05) is 22.9 Å². The summed E-state index contributed by atoms with van der Waals surface area (Å²) in [5.74, 6) is -0.596.